The second-order valence-electron chi connectivity index (χ2n) is 5.46. The number of H-pyrrole nitrogens is 1. The SMILES string of the molecule is Cc1c(C(=O)OCCO)[nH]c(-c2ccc(C(=O)CCO)cc2)c1C. The van der Waals surface area contributed by atoms with Crippen molar-refractivity contribution >= 4 is 11.8 Å². The monoisotopic (exact) mass is 331 g/mol. The number of carbonyl (C=O) groups excluding carboxylic acids is 2. The Morgan fingerprint density at radius 2 is 1.71 bits per heavy atom. The van der Waals surface area contributed by atoms with Crippen molar-refractivity contribution in [2.75, 3.05) is 19.8 Å². The number of aliphatic hydroxyl groups excluding tert-OH is 2. The van der Waals surface area contributed by atoms with Crippen LogP contribution in [0.1, 0.15) is 38.4 Å². The van der Waals surface area contributed by atoms with Gasteiger partial charge in [-0.2, -0.15) is 0 Å². The number of ether oxygens (including phenoxy) is 1. The number of rotatable bonds is 7. The highest BCUT2D eigenvalue weighted by atomic mass is 16.5. The second kappa shape index (κ2) is 7.90. The van der Waals surface area contributed by atoms with Crippen molar-refractivity contribution in [2.45, 2.75) is 20.3 Å². The minimum atomic E-state index is -0.509. The summed E-state index contributed by atoms with van der Waals surface area (Å²) in [6.07, 6.45) is 0.0980. The maximum absolute atomic E-state index is 12.0. The summed E-state index contributed by atoms with van der Waals surface area (Å²) in [5, 5.41) is 17.6. The summed E-state index contributed by atoms with van der Waals surface area (Å²) in [5.41, 5.74) is 4.23. The lowest BCUT2D eigenvalue weighted by atomic mass is 10.0. The molecule has 2 rings (SSSR count). The Bertz CT molecular complexity index is 731. The van der Waals surface area contributed by atoms with Gasteiger partial charge in [0.25, 0.3) is 0 Å². The lowest BCUT2D eigenvalue weighted by Gasteiger charge is -2.03. The molecular formula is C18H21NO5. The van der Waals surface area contributed by atoms with E-state index >= 15 is 0 Å². The van der Waals surface area contributed by atoms with Crippen molar-refractivity contribution in [2.24, 2.45) is 0 Å². The number of carbonyl (C=O) groups is 2. The van der Waals surface area contributed by atoms with Crippen LogP contribution in [0.15, 0.2) is 24.3 Å². The van der Waals surface area contributed by atoms with Gasteiger partial charge in [0.2, 0.25) is 0 Å². The number of aromatic nitrogens is 1. The number of hydrogen-bond donors (Lipinski definition) is 3. The van der Waals surface area contributed by atoms with Gasteiger partial charge in [0.15, 0.2) is 5.78 Å². The van der Waals surface area contributed by atoms with Gasteiger partial charge < -0.3 is 19.9 Å². The number of Topliss-reactive ketones (excluding diaryl/α,β-unsaturated/α-hetero) is 1. The van der Waals surface area contributed by atoms with E-state index in [2.05, 4.69) is 4.98 Å². The van der Waals surface area contributed by atoms with Crippen molar-refractivity contribution in [3.8, 4) is 11.3 Å². The molecule has 1 aromatic carbocycles. The van der Waals surface area contributed by atoms with Gasteiger partial charge in [0.05, 0.1) is 13.2 Å². The quantitative estimate of drug-likeness (QED) is 0.532. The Kier molecular flexibility index (Phi) is 5.89. The number of aromatic amines is 1. The number of esters is 1. The van der Waals surface area contributed by atoms with Crippen molar-refractivity contribution in [1.82, 2.24) is 4.98 Å². The van der Waals surface area contributed by atoms with Gasteiger partial charge >= 0.3 is 5.97 Å². The zero-order valence-corrected chi connectivity index (χ0v) is 13.8. The Hall–Kier alpha value is -2.44. The maximum Gasteiger partial charge on any atom is 0.355 e. The molecule has 0 spiro atoms. The fraction of sp³-hybridized carbons (Fsp3) is 0.333. The highest BCUT2D eigenvalue weighted by Gasteiger charge is 2.19. The van der Waals surface area contributed by atoms with Crippen LogP contribution in [0.3, 0.4) is 0 Å². The van der Waals surface area contributed by atoms with Gasteiger partial charge in [-0.05, 0) is 30.5 Å². The van der Waals surface area contributed by atoms with E-state index in [4.69, 9.17) is 14.9 Å². The third kappa shape index (κ3) is 3.72. The lowest BCUT2D eigenvalue weighted by molar-refractivity contribution is 0.0427. The van der Waals surface area contributed by atoms with E-state index in [0.29, 0.717) is 11.3 Å². The molecule has 0 saturated heterocycles. The van der Waals surface area contributed by atoms with Gasteiger partial charge in [0.1, 0.15) is 12.3 Å². The number of ketones is 1. The minimum absolute atomic E-state index is 0.0483. The third-order valence-electron chi connectivity index (χ3n) is 3.93. The molecule has 128 valence electrons. The average molecular weight is 331 g/mol. The molecule has 2 aromatic rings. The van der Waals surface area contributed by atoms with E-state index in [9.17, 15) is 9.59 Å². The topological polar surface area (TPSA) is 99.6 Å². The van der Waals surface area contributed by atoms with Crippen LogP contribution in [0.2, 0.25) is 0 Å². The fourth-order valence-electron chi connectivity index (χ4n) is 2.46. The summed E-state index contributed by atoms with van der Waals surface area (Å²) in [6.45, 7) is 3.28. The Balaban J connectivity index is 2.29. The van der Waals surface area contributed by atoms with E-state index < -0.39 is 5.97 Å². The zero-order chi connectivity index (χ0) is 17.7. The molecule has 1 aromatic heterocycles. The molecule has 0 saturated carbocycles. The van der Waals surface area contributed by atoms with Gasteiger partial charge in [-0.1, -0.05) is 24.3 Å². The van der Waals surface area contributed by atoms with Crippen LogP contribution in [-0.2, 0) is 4.74 Å². The van der Waals surface area contributed by atoms with Crippen LogP contribution in [0.25, 0.3) is 11.3 Å². The number of nitrogens with one attached hydrogen (secondary N) is 1. The summed E-state index contributed by atoms with van der Waals surface area (Å²) in [5.74, 6) is -0.623. The van der Waals surface area contributed by atoms with Crippen molar-refractivity contribution in [3.05, 3.63) is 46.6 Å². The van der Waals surface area contributed by atoms with Crippen molar-refractivity contribution < 1.29 is 24.5 Å². The lowest BCUT2D eigenvalue weighted by Crippen LogP contribution is -2.10. The van der Waals surface area contributed by atoms with Gasteiger partial charge in [-0.25, -0.2) is 4.79 Å². The van der Waals surface area contributed by atoms with Gasteiger partial charge in [-0.15, -0.1) is 0 Å². The molecule has 24 heavy (non-hydrogen) atoms. The number of benzene rings is 1. The molecule has 0 atom stereocenters. The Labute approximate surface area is 140 Å². The van der Waals surface area contributed by atoms with Crippen LogP contribution in [0.5, 0.6) is 0 Å². The highest BCUT2D eigenvalue weighted by molar-refractivity contribution is 5.96. The molecule has 0 aliphatic heterocycles. The van der Waals surface area contributed by atoms with E-state index in [1.54, 1.807) is 24.3 Å². The summed E-state index contributed by atoms with van der Waals surface area (Å²) in [7, 11) is 0. The van der Waals surface area contributed by atoms with E-state index in [1.807, 2.05) is 13.8 Å². The molecule has 0 aliphatic carbocycles. The first kappa shape index (κ1) is 17.9. The molecule has 1 heterocycles. The standard InChI is InChI=1S/C18H21NO5/c1-11-12(2)17(18(23)24-10-9-21)19-16(11)14-5-3-13(4-6-14)15(22)7-8-20/h3-6,19-21H,7-10H2,1-2H3. The van der Waals surface area contributed by atoms with E-state index in [-0.39, 0.29) is 32.0 Å². The van der Waals surface area contributed by atoms with Crippen molar-refractivity contribution in [1.29, 1.82) is 0 Å². The van der Waals surface area contributed by atoms with Crippen LogP contribution in [0, 0.1) is 13.8 Å². The molecule has 0 aliphatic rings. The predicted octanol–water partition coefficient (Wildman–Crippen LogP) is 2.01. The van der Waals surface area contributed by atoms with Crippen LogP contribution in [0.4, 0.5) is 0 Å². The molecule has 0 unspecified atom stereocenters. The van der Waals surface area contributed by atoms with Gasteiger partial charge in [0, 0.05) is 17.7 Å². The van der Waals surface area contributed by atoms with Crippen molar-refractivity contribution in [3.63, 3.8) is 0 Å². The molecule has 0 radical (unpaired) electrons. The van der Waals surface area contributed by atoms with E-state index in [1.165, 1.54) is 0 Å². The number of hydrogen-bond acceptors (Lipinski definition) is 5. The summed E-state index contributed by atoms with van der Waals surface area (Å²) in [6, 6.07) is 7.00. The minimum Gasteiger partial charge on any atom is -0.459 e. The van der Waals surface area contributed by atoms with Crippen LogP contribution >= 0.6 is 0 Å². The summed E-state index contributed by atoms with van der Waals surface area (Å²) in [4.78, 5) is 26.8. The molecule has 0 fully saturated rings. The first-order chi connectivity index (χ1) is 11.5. The average Bonchev–Trinajstić information content (AvgIpc) is 2.89. The smallest absolute Gasteiger partial charge is 0.355 e. The number of aliphatic hydroxyl groups is 2. The predicted molar refractivity (Wildman–Crippen MR) is 89.1 cm³/mol. The summed E-state index contributed by atoms with van der Waals surface area (Å²) < 4.78 is 4.95. The molecule has 6 heteroatoms. The first-order valence-corrected chi connectivity index (χ1v) is 7.71. The van der Waals surface area contributed by atoms with Crippen LogP contribution in [-0.4, -0.2) is 46.8 Å². The molecule has 6 nitrogen and oxygen atoms in total. The Morgan fingerprint density at radius 3 is 2.29 bits per heavy atom. The van der Waals surface area contributed by atoms with Gasteiger partial charge in [-0.3, -0.25) is 4.79 Å². The largest absolute Gasteiger partial charge is 0.459 e. The third-order valence-corrected chi connectivity index (χ3v) is 3.93. The second-order valence-corrected chi connectivity index (χ2v) is 5.46. The van der Waals surface area contributed by atoms with Crippen LogP contribution < -0.4 is 0 Å². The molecule has 0 bridgehead atoms. The summed E-state index contributed by atoms with van der Waals surface area (Å²) >= 11 is 0. The maximum atomic E-state index is 12.0. The van der Waals surface area contributed by atoms with E-state index in [0.717, 1.165) is 22.4 Å². The highest BCUT2D eigenvalue weighted by Crippen LogP contribution is 2.28. The molecule has 0 amide bonds. The normalized spacial score (nSPS) is 10.7. The Morgan fingerprint density at radius 1 is 1.04 bits per heavy atom. The first-order valence-electron chi connectivity index (χ1n) is 7.71. The zero-order valence-electron chi connectivity index (χ0n) is 13.8. The molecular weight excluding hydrogens is 310 g/mol. The fourth-order valence-corrected chi connectivity index (χ4v) is 2.46. The molecule has 3 N–H and O–H groups in total.